The smallest absolute Gasteiger partial charge is 0.141 e. The van der Waals surface area contributed by atoms with Gasteiger partial charge in [0.25, 0.3) is 0 Å². The van der Waals surface area contributed by atoms with Gasteiger partial charge in [-0.05, 0) is 32.0 Å². The summed E-state index contributed by atoms with van der Waals surface area (Å²) in [7, 11) is 0. The van der Waals surface area contributed by atoms with Gasteiger partial charge < -0.3 is 4.57 Å². The molecule has 21 heavy (non-hydrogen) atoms. The number of hydrogen-bond donors (Lipinski definition) is 0. The number of aromatic nitrogens is 4. The molecule has 0 spiro atoms. The highest BCUT2D eigenvalue weighted by molar-refractivity contribution is 6.32. The quantitative estimate of drug-likeness (QED) is 0.697. The molecule has 0 aliphatic rings. The first-order valence-corrected chi connectivity index (χ1v) is 6.87. The van der Waals surface area contributed by atoms with E-state index in [0.717, 1.165) is 27.7 Å². The van der Waals surface area contributed by atoms with E-state index in [9.17, 15) is 0 Å². The fraction of sp³-hybridized carbons (Fsp3) is 0.133. The Bertz CT molecular complexity index is 787. The molecule has 2 heterocycles. The summed E-state index contributed by atoms with van der Waals surface area (Å²) >= 11 is 6.30. The molecular weight excluding hydrogens is 286 g/mol. The maximum atomic E-state index is 6.30. The van der Waals surface area contributed by atoms with Crippen LogP contribution in [0.25, 0.3) is 5.69 Å². The van der Waals surface area contributed by atoms with Crippen LogP contribution in [0.5, 0.6) is 0 Å². The van der Waals surface area contributed by atoms with Crippen molar-refractivity contribution < 1.29 is 0 Å². The van der Waals surface area contributed by atoms with Gasteiger partial charge in [-0.1, -0.05) is 23.7 Å². The number of benzene rings is 1. The zero-order chi connectivity index (χ0) is 14.8. The van der Waals surface area contributed by atoms with E-state index < -0.39 is 0 Å². The van der Waals surface area contributed by atoms with Crippen LogP contribution in [0, 0.1) is 13.8 Å². The summed E-state index contributed by atoms with van der Waals surface area (Å²) in [5.41, 5.74) is 4.18. The van der Waals surface area contributed by atoms with Gasteiger partial charge in [-0.2, -0.15) is 5.10 Å². The molecule has 2 aromatic heterocycles. The molecule has 6 heteroatoms. The lowest BCUT2D eigenvalue weighted by molar-refractivity contribution is 0.877. The maximum Gasteiger partial charge on any atom is 0.141 e. The standard InChI is InChI=1S/C15H14ClN5/c1-11-7-13(8-19-20-9-17-18-10-20)12(2)21(11)15-6-4-3-5-14(15)16/h3-10H,1-2H3/b19-8-. The van der Waals surface area contributed by atoms with Crippen molar-refractivity contribution in [2.75, 3.05) is 0 Å². The number of hydrogen-bond acceptors (Lipinski definition) is 3. The molecule has 0 fully saturated rings. The molecule has 0 bridgehead atoms. The van der Waals surface area contributed by atoms with Crippen LogP contribution in [0.1, 0.15) is 17.0 Å². The third-order valence-electron chi connectivity index (χ3n) is 3.30. The van der Waals surface area contributed by atoms with Gasteiger partial charge in [0.1, 0.15) is 12.7 Å². The lowest BCUT2D eigenvalue weighted by Crippen LogP contribution is -2.00. The Morgan fingerprint density at radius 3 is 2.57 bits per heavy atom. The van der Waals surface area contributed by atoms with Crippen molar-refractivity contribution in [3.05, 3.63) is 65.0 Å². The predicted octanol–water partition coefficient (Wildman–Crippen LogP) is 3.22. The van der Waals surface area contributed by atoms with Gasteiger partial charge >= 0.3 is 0 Å². The van der Waals surface area contributed by atoms with E-state index in [2.05, 4.69) is 25.9 Å². The first-order chi connectivity index (χ1) is 10.2. The molecular formula is C15H14ClN5. The summed E-state index contributed by atoms with van der Waals surface area (Å²) in [5.74, 6) is 0. The fourth-order valence-electron chi connectivity index (χ4n) is 2.31. The van der Waals surface area contributed by atoms with Gasteiger partial charge in [0, 0.05) is 17.0 Å². The number of para-hydroxylation sites is 1. The summed E-state index contributed by atoms with van der Waals surface area (Å²) in [6.07, 6.45) is 4.88. The van der Waals surface area contributed by atoms with Gasteiger partial charge in [0.2, 0.25) is 0 Å². The Balaban J connectivity index is 2.03. The fourth-order valence-corrected chi connectivity index (χ4v) is 2.53. The van der Waals surface area contributed by atoms with Crippen LogP contribution in [0.15, 0.2) is 48.1 Å². The lowest BCUT2D eigenvalue weighted by Gasteiger charge is -2.11. The topological polar surface area (TPSA) is 48.0 Å². The average molecular weight is 300 g/mol. The highest BCUT2D eigenvalue weighted by Gasteiger charge is 2.11. The third-order valence-corrected chi connectivity index (χ3v) is 3.62. The van der Waals surface area contributed by atoms with E-state index in [1.54, 1.807) is 23.5 Å². The molecule has 0 unspecified atom stereocenters. The molecule has 0 saturated carbocycles. The van der Waals surface area contributed by atoms with Crippen molar-refractivity contribution in [3.63, 3.8) is 0 Å². The Hall–Kier alpha value is -2.40. The van der Waals surface area contributed by atoms with Crippen LogP contribution in [-0.2, 0) is 0 Å². The number of aryl methyl sites for hydroxylation is 1. The highest BCUT2D eigenvalue weighted by atomic mass is 35.5. The molecule has 0 N–H and O–H groups in total. The molecule has 0 radical (unpaired) electrons. The summed E-state index contributed by atoms with van der Waals surface area (Å²) in [5, 5.41) is 12.4. The van der Waals surface area contributed by atoms with Crippen LogP contribution >= 0.6 is 11.6 Å². The molecule has 106 valence electrons. The molecule has 1 aromatic carbocycles. The second kappa shape index (κ2) is 5.54. The zero-order valence-corrected chi connectivity index (χ0v) is 12.5. The second-order valence-corrected chi connectivity index (χ2v) is 5.11. The second-order valence-electron chi connectivity index (χ2n) is 4.70. The van der Waals surface area contributed by atoms with Gasteiger partial charge in [-0.15, -0.1) is 10.2 Å². The van der Waals surface area contributed by atoms with Crippen LogP contribution in [0.2, 0.25) is 5.02 Å². The molecule has 3 aromatic rings. The summed E-state index contributed by atoms with van der Waals surface area (Å²) < 4.78 is 3.68. The van der Waals surface area contributed by atoms with Crippen LogP contribution in [0.4, 0.5) is 0 Å². The Kier molecular flexibility index (Phi) is 3.58. The number of nitrogens with zero attached hydrogens (tertiary/aromatic N) is 5. The van der Waals surface area contributed by atoms with E-state index >= 15 is 0 Å². The monoisotopic (exact) mass is 299 g/mol. The van der Waals surface area contributed by atoms with Crippen LogP contribution in [-0.4, -0.2) is 25.7 Å². The Labute approximate surface area is 127 Å². The third kappa shape index (κ3) is 2.60. The number of rotatable bonds is 3. The molecule has 0 aliphatic carbocycles. The first-order valence-electron chi connectivity index (χ1n) is 6.49. The molecule has 0 aliphatic heterocycles. The number of halogens is 1. The zero-order valence-electron chi connectivity index (χ0n) is 11.7. The Morgan fingerprint density at radius 2 is 1.86 bits per heavy atom. The molecule has 0 saturated heterocycles. The van der Waals surface area contributed by atoms with Gasteiger partial charge in [0.15, 0.2) is 0 Å². The van der Waals surface area contributed by atoms with Gasteiger partial charge in [0.05, 0.1) is 16.9 Å². The van der Waals surface area contributed by atoms with Crippen molar-refractivity contribution in [2.45, 2.75) is 13.8 Å². The average Bonchev–Trinajstić information content (AvgIpc) is 3.07. The molecule has 0 atom stereocenters. The summed E-state index contributed by atoms with van der Waals surface area (Å²) in [4.78, 5) is 0. The normalized spacial score (nSPS) is 11.4. The molecule has 3 rings (SSSR count). The predicted molar refractivity (Wildman–Crippen MR) is 83.3 cm³/mol. The van der Waals surface area contributed by atoms with E-state index in [4.69, 9.17) is 11.6 Å². The van der Waals surface area contributed by atoms with Crippen LogP contribution < -0.4 is 0 Å². The summed E-state index contributed by atoms with van der Waals surface area (Å²) in [6, 6.07) is 9.87. The van der Waals surface area contributed by atoms with E-state index in [-0.39, 0.29) is 0 Å². The highest BCUT2D eigenvalue weighted by Crippen LogP contribution is 2.25. The maximum absolute atomic E-state index is 6.30. The van der Waals surface area contributed by atoms with E-state index in [0.29, 0.717) is 0 Å². The minimum atomic E-state index is 0.724. The van der Waals surface area contributed by atoms with Gasteiger partial charge in [-0.25, -0.2) is 4.68 Å². The summed E-state index contributed by atoms with van der Waals surface area (Å²) in [6.45, 7) is 4.09. The van der Waals surface area contributed by atoms with Crippen molar-refractivity contribution in [2.24, 2.45) is 5.10 Å². The van der Waals surface area contributed by atoms with Crippen molar-refractivity contribution >= 4 is 17.8 Å². The van der Waals surface area contributed by atoms with Crippen molar-refractivity contribution in [1.82, 2.24) is 19.4 Å². The SMILES string of the molecule is Cc1cc(/C=N\n2cnnc2)c(C)n1-c1ccccc1Cl. The molecule has 0 amide bonds. The largest absolute Gasteiger partial charge is 0.316 e. The minimum absolute atomic E-state index is 0.724. The molecule has 5 nitrogen and oxygen atoms in total. The van der Waals surface area contributed by atoms with Crippen molar-refractivity contribution in [1.29, 1.82) is 0 Å². The van der Waals surface area contributed by atoms with E-state index in [1.807, 2.05) is 38.1 Å². The van der Waals surface area contributed by atoms with Crippen LogP contribution in [0.3, 0.4) is 0 Å². The minimum Gasteiger partial charge on any atom is -0.316 e. The van der Waals surface area contributed by atoms with E-state index in [1.165, 1.54) is 0 Å². The lowest BCUT2D eigenvalue weighted by atomic mass is 10.2. The van der Waals surface area contributed by atoms with Crippen molar-refractivity contribution in [3.8, 4) is 5.69 Å². The Morgan fingerprint density at radius 1 is 1.14 bits per heavy atom. The van der Waals surface area contributed by atoms with Gasteiger partial charge in [-0.3, -0.25) is 0 Å². The first kappa shape index (κ1) is 13.6.